The van der Waals surface area contributed by atoms with Gasteiger partial charge >= 0.3 is 0 Å². The average molecular weight is 475 g/mol. The lowest BCUT2D eigenvalue weighted by molar-refractivity contribution is 0.0725. The van der Waals surface area contributed by atoms with Crippen molar-refractivity contribution in [1.82, 2.24) is 4.90 Å². The molecule has 6 nitrogen and oxygen atoms in total. The Bertz CT molecular complexity index is 910. The van der Waals surface area contributed by atoms with Gasteiger partial charge in [-0.3, -0.25) is 9.59 Å². The Balaban J connectivity index is 1.83. The zero-order valence-electron chi connectivity index (χ0n) is 17.4. The van der Waals surface area contributed by atoms with E-state index < -0.39 is 0 Å². The van der Waals surface area contributed by atoms with Crippen molar-refractivity contribution in [2.75, 3.05) is 32.1 Å². The van der Waals surface area contributed by atoms with E-state index in [0.29, 0.717) is 39.4 Å². The molecular weight excluding hydrogens is 448 g/mol. The van der Waals surface area contributed by atoms with Crippen LogP contribution in [0.4, 0.5) is 5.69 Å². The van der Waals surface area contributed by atoms with Gasteiger partial charge in [-0.15, -0.1) is 0 Å². The van der Waals surface area contributed by atoms with Crippen LogP contribution in [0.1, 0.15) is 53.3 Å². The van der Waals surface area contributed by atoms with Crippen LogP contribution in [0.15, 0.2) is 40.9 Å². The SMILES string of the molecule is CCCOc1c(Br)cc(C(=O)Nc2ccccc2C(=O)N2CCCCC2)cc1OC. The number of nitrogens with zero attached hydrogens (tertiary/aromatic N) is 1. The zero-order chi connectivity index (χ0) is 21.5. The number of carbonyl (C=O) groups is 2. The smallest absolute Gasteiger partial charge is 0.255 e. The molecule has 0 saturated carbocycles. The van der Waals surface area contributed by atoms with Crippen LogP contribution >= 0.6 is 15.9 Å². The fraction of sp³-hybridized carbons (Fsp3) is 0.391. The molecule has 7 heteroatoms. The molecule has 2 amide bonds. The van der Waals surface area contributed by atoms with Gasteiger partial charge in [0.25, 0.3) is 11.8 Å². The summed E-state index contributed by atoms with van der Waals surface area (Å²) in [5, 5.41) is 2.88. The molecule has 1 saturated heterocycles. The predicted octanol–water partition coefficient (Wildman–Crippen LogP) is 5.12. The molecular formula is C23H27BrN2O4. The summed E-state index contributed by atoms with van der Waals surface area (Å²) in [6, 6.07) is 10.5. The molecule has 2 aromatic carbocycles. The van der Waals surface area contributed by atoms with E-state index in [9.17, 15) is 9.59 Å². The number of benzene rings is 2. The van der Waals surface area contributed by atoms with Crippen LogP contribution < -0.4 is 14.8 Å². The van der Waals surface area contributed by atoms with E-state index >= 15 is 0 Å². The first-order chi connectivity index (χ1) is 14.5. The highest BCUT2D eigenvalue weighted by molar-refractivity contribution is 9.10. The van der Waals surface area contributed by atoms with Crippen LogP contribution in [0.5, 0.6) is 11.5 Å². The van der Waals surface area contributed by atoms with E-state index in [1.807, 2.05) is 17.9 Å². The van der Waals surface area contributed by atoms with Crippen molar-refractivity contribution in [2.24, 2.45) is 0 Å². The van der Waals surface area contributed by atoms with Gasteiger partial charge in [0.15, 0.2) is 11.5 Å². The van der Waals surface area contributed by atoms with Gasteiger partial charge in [0, 0.05) is 18.7 Å². The number of rotatable bonds is 7. The maximum atomic E-state index is 13.0. The third-order valence-electron chi connectivity index (χ3n) is 4.99. The number of anilines is 1. The van der Waals surface area contributed by atoms with E-state index in [1.54, 1.807) is 30.3 Å². The molecule has 2 aromatic rings. The Morgan fingerprint density at radius 3 is 2.57 bits per heavy atom. The van der Waals surface area contributed by atoms with Crippen LogP contribution in [0.25, 0.3) is 0 Å². The second kappa shape index (κ2) is 10.5. The van der Waals surface area contributed by atoms with E-state index in [2.05, 4.69) is 21.2 Å². The van der Waals surface area contributed by atoms with Gasteiger partial charge in [0.2, 0.25) is 0 Å². The maximum absolute atomic E-state index is 13.0. The van der Waals surface area contributed by atoms with Crippen molar-refractivity contribution in [1.29, 1.82) is 0 Å². The highest BCUT2D eigenvalue weighted by Crippen LogP contribution is 2.37. The van der Waals surface area contributed by atoms with Crippen molar-refractivity contribution < 1.29 is 19.1 Å². The molecule has 1 N–H and O–H groups in total. The quantitative estimate of drug-likeness (QED) is 0.604. The molecule has 0 aliphatic carbocycles. The Hall–Kier alpha value is -2.54. The van der Waals surface area contributed by atoms with Crippen LogP contribution in [-0.2, 0) is 0 Å². The van der Waals surface area contributed by atoms with Crippen LogP contribution in [0, 0.1) is 0 Å². The van der Waals surface area contributed by atoms with Crippen molar-refractivity contribution in [3.05, 3.63) is 52.0 Å². The highest BCUT2D eigenvalue weighted by Gasteiger charge is 2.22. The molecule has 1 aliphatic heterocycles. The number of halogens is 1. The average Bonchev–Trinajstić information content (AvgIpc) is 2.78. The number of amides is 2. The number of nitrogens with one attached hydrogen (secondary N) is 1. The van der Waals surface area contributed by atoms with Crippen molar-refractivity contribution in [3.63, 3.8) is 0 Å². The number of likely N-dealkylation sites (tertiary alicyclic amines) is 1. The molecule has 0 bridgehead atoms. The molecule has 1 fully saturated rings. The van der Waals surface area contributed by atoms with Gasteiger partial charge < -0.3 is 19.7 Å². The van der Waals surface area contributed by atoms with E-state index in [-0.39, 0.29) is 11.8 Å². The van der Waals surface area contributed by atoms with Crippen LogP contribution in [0.3, 0.4) is 0 Å². The number of methoxy groups -OCH3 is 1. The summed E-state index contributed by atoms with van der Waals surface area (Å²) in [5.74, 6) is 0.667. The Labute approximate surface area is 185 Å². The van der Waals surface area contributed by atoms with Gasteiger partial charge in [-0.05, 0) is 65.9 Å². The van der Waals surface area contributed by atoms with Crippen molar-refractivity contribution >= 4 is 33.4 Å². The number of ether oxygens (including phenoxy) is 2. The minimum absolute atomic E-state index is 0.0484. The fourth-order valence-corrected chi connectivity index (χ4v) is 3.99. The number of para-hydroxylation sites is 1. The van der Waals surface area contributed by atoms with Gasteiger partial charge in [-0.1, -0.05) is 19.1 Å². The molecule has 0 unspecified atom stereocenters. The molecule has 1 aliphatic rings. The molecule has 30 heavy (non-hydrogen) atoms. The summed E-state index contributed by atoms with van der Waals surface area (Å²) in [5.41, 5.74) is 1.41. The van der Waals surface area contributed by atoms with Crippen molar-refractivity contribution in [3.8, 4) is 11.5 Å². The summed E-state index contributed by atoms with van der Waals surface area (Å²) in [6.07, 6.45) is 4.04. The van der Waals surface area contributed by atoms with Gasteiger partial charge in [-0.2, -0.15) is 0 Å². The summed E-state index contributed by atoms with van der Waals surface area (Å²) in [7, 11) is 1.54. The Morgan fingerprint density at radius 1 is 1.13 bits per heavy atom. The first kappa shape index (κ1) is 22.2. The Morgan fingerprint density at radius 2 is 1.87 bits per heavy atom. The predicted molar refractivity (Wildman–Crippen MR) is 121 cm³/mol. The molecule has 0 spiro atoms. The first-order valence-corrected chi connectivity index (χ1v) is 11.0. The minimum atomic E-state index is -0.324. The van der Waals surface area contributed by atoms with E-state index in [1.165, 1.54) is 7.11 Å². The third kappa shape index (κ3) is 5.14. The molecule has 0 aromatic heterocycles. The van der Waals surface area contributed by atoms with Crippen molar-refractivity contribution in [2.45, 2.75) is 32.6 Å². The Kier molecular flexibility index (Phi) is 7.74. The van der Waals surface area contributed by atoms with E-state index in [0.717, 1.165) is 38.8 Å². The molecule has 0 radical (unpaired) electrons. The monoisotopic (exact) mass is 474 g/mol. The number of carbonyl (C=O) groups excluding carboxylic acids is 2. The standard InChI is InChI=1S/C23H27BrN2O4/c1-3-13-30-21-18(24)14-16(15-20(21)29-2)22(27)25-19-10-6-5-9-17(19)23(28)26-11-7-4-8-12-26/h5-6,9-10,14-15H,3-4,7-8,11-13H2,1-2H3,(H,25,27). The van der Waals surface area contributed by atoms with Gasteiger partial charge in [-0.25, -0.2) is 0 Å². The summed E-state index contributed by atoms with van der Waals surface area (Å²) >= 11 is 3.47. The summed E-state index contributed by atoms with van der Waals surface area (Å²) in [4.78, 5) is 27.8. The zero-order valence-corrected chi connectivity index (χ0v) is 19.0. The minimum Gasteiger partial charge on any atom is -0.493 e. The molecule has 160 valence electrons. The number of piperidine rings is 1. The molecule has 0 atom stereocenters. The summed E-state index contributed by atoms with van der Waals surface area (Å²) < 4.78 is 11.8. The second-order valence-corrected chi connectivity index (χ2v) is 8.04. The van der Waals surface area contributed by atoms with Crippen LogP contribution in [-0.4, -0.2) is 43.5 Å². The third-order valence-corrected chi connectivity index (χ3v) is 5.58. The van der Waals surface area contributed by atoms with Gasteiger partial charge in [0.05, 0.1) is 29.4 Å². The molecule has 3 rings (SSSR count). The lowest BCUT2D eigenvalue weighted by atomic mass is 10.1. The topological polar surface area (TPSA) is 67.9 Å². The van der Waals surface area contributed by atoms with Gasteiger partial charge in [0.1, 0.15) is 0 Å². The molecule has 1 heterocycles. The summed E-state index contributed by atoms with van der Waals surface area (Å²) in [6.45, 7) is 4.08. The maximum Gasteiger partial charge on any atom is 0.255 e. The fourth-order valence-electron chi connectivity index (χ4n) is 3.44. The largest absolute Gasteiger partial charge is 0.493 e. The first-order valence-electron chi connectivity index (χ1n) is 10.2. The number of hydrogen-bond acceptors (Lipinski definition) is 4. The highest BCUT2D eigenvalue weighted by atomic mass is 79.9. The normalized spacial score (nSPS) is 13.6. The van der Waals surface area contributed by atoms with E-state index in [4.69, 9.17) is 9.47 Å². The van der Waals surface area contributed by atoms with Crippen LogP contribution in [0.2, 0.25) is 0 Å². The number of hydrogen-bond donors (Lipinski definition) is 1. The lowest BCUT2D eigenvalue weighted by Gasteiger charge is -2.27. The second-order valence-electron chi connectivity index (χ2n) is 7.19. The lowest BCUT2D eigenvalue weighted by Crippen LogP contribution is -2.36.